The van der Waals surface area contributed by atoms with Gasteiger partial charge in [0.1, 0.15) is 23.2 Å². The summed E-state index contributed by atoms with van der Waals surface area (Å²) in [5.41, 5.74) is 0.331. The maximum absolute atomic E-state index is 12.9. The van der Waals surface area contributed by atoms with Gasteiger partial charge in [-0.2, -0.15) is 5.26 Å². The van der Waals surface area contributed by atoms with Gasteiger partial charge in [0.2, 0.25) is 0 Å². The number of aromatic nitrogens is 2. The summed E-state index contributed by atoms with van der Waals surface area (Å²) in [6, 6.07) is 28.8. The Morgan fingerprint density at radius 1 is 0.837 bits per heavy atom. The van der Waals surface area contributed by atoms with E-state index in [1.165, 1.54) is 16.8 Å². The number of benzene rings is 3. The molecule has 12 heteroatoms. The van der Waals surface area contributed by atoms with Crippen LogP contribution in [0.1, 0.15) is 50.8 Å². The maximum atomic E-state index is 12.9. The highest BCUT2D eigenvalue weighted by Crippen LogP contribution is 2.48. The fourth-order valence-corrected chi connectivity index (χ4v) is 7.33. The van der Waals surface area contributed by atoms with Gasteiger partial charge in [0.25, 0.3) is 14.1 Å². The highest BCUT2D eigenvalue weighted by atomic mass is 31.2. The van der Waals surface area contributed by atoms with Crippen LogP contribution in [-0.2, 0) is 25.9 Å². The zero-order valence-corrected chi connectivity index (χ0v) is 29.8. The van der Waals surface area contributed by atoms with Crippen molar-refractivity contribution in [1.29, 1.82) is 5.26 Å². The maximum Gasteiger partial charge on any atom is 0.328 e. The summed E-state index contributed by atoms with van der Waals surface area (Å²) in [5.74, 6) is 1.39. The lowest BCUT2D eigenvalue weighted by molar-refractivity contribution is -0.0387. The molecule has 0 amide bonds. The highest BCUT2D eigenvalue weighted by Gasteiger charge is 2.40. The van der Waals surface area contributed by atoms with Crippen molar-refractivity contribution >= 4 is 8.53 Å². The summed E-state index contributed by atoms with van der Waals surface area (Å²) < 4.78 is 34.6. The average Bonchev–Trinajstić information content (AvgIpc) is 3.10. The fraction of sp³-hybridized carbons (Fsp3) is 0.378. The Bertz CT molecular complexity index is 1700. The van der Waals surface area contributed by atoms with Crippen LogP contribution in [0, 0.1) is 11.3 Å². The molecular formula is C37H45N4O7P. The van der Waals surface area contributed by atoms with E-state index in [1.807, 2.05) is 78.9 Å². The van der Waals surface area contributed by atoms with Crippen LogP contribution in [0.5, 0.6) is 11.5 Å². The molecule has 3 aromatic carbocycles. The summed E-state index contributed by atoms with van der Waals surface area (Å²) in [6.07, 6.45) is 0.895. The second kappa shape index (κ2) is 17.9. The van der Waals surface area contributed by atoms with E-state index in [9.17, 15) is 14.9 Å². The number of H-pyrrole nitrogens is 1. The second-order valence-corrected chi connectivity index (χ2v) is 13.3. The quantitative estimate of drug-likeness (QED) is 0.0736. The number of methoxy groups -OCH3 is 2. The Morgan fingerprint density at radius 3 is 1.88 bits per heavy atom. The van der Waals surface area contributed by atoms with Crippen molar-refractivity contribution in [3.63, 3.8) is 0 Å². The van der Waals surface area contributed by atoms with Gasteiger partial charge in [-0.1, -0.05) is 54.6 Å². The molecule has 0 spiro atoms. The molecule has 11 nitrogen and oxygen atoms in total. The molecule has 4 aromatic rings. The minimum atomic E-state index is -1.71. The summed E-state index contributed by atoms with van der Waals surface area (Å²) in [7, 11) is 1.53. The van der Waals surface area contributed by atoms with Crippen LogP contribution in [0.4, 0.5) is 0 Å². The molecular weight excluding hydrogens is 643 g/mol. The van der Waals surface area contributed by atoms with Crippen molar-refractivity contribution in [2.45, 2.75) is 64.4 Å². The van der Waals surface area contributed by atoms with Crippen LogP contribution >= 0.6 is 8.53 Å². The third kappa shape index (κ3) is 9.44. The zero-order valence-electron chi connectivity index (χ0n) is 28.9. The van der Waals surface area contributed by atoms with E-state index in [0.29, 0.717) is 11.5 Å². The molecule has 260 valence electrons. The van der Waals surface area contributed by atoms with E-state index in [-0.39, 0.29) is 38.3 Å². The topological polar surface area (TPSA) is 128 Å². The standard InChI is InChI=1S/C37H45N4O7P/c1-27(2)41(28(3)4)49(47-24-10-22-38)48-34(25-40-23-21-35(42)39-36(40)43)26-46-37(29-11-8-7-9-12-29,30-13-17-32(44-5)18-14-30)31-15-19-33(45-6)20-16-31/h7-9,11-21,23,27-28,34H,10,24-26H2,1-6H3,(H,39,42,43). The first-order chi connectivity index (χ1) is 23.6. The van der Waals surface area contributed by atoms with Gasteiger partial charge in [0.05, 0.1) is 46.5 Å². The number of rotatable bonds is 18. The molecule has 0 aliphatic heterocycles. The number of hydrogen-bond donors (Lipinski definition) is 1. The number of nitrogens with zero attached hydrogens (tertiary/aromatic N) is 3. The summed E-state index contributed by atoms with van der Waals surface area (Å²) in [5, 5.41) is 9.25. The number of ether oxygens (including phenoxy) is 3. The van der Waals surface area contributed by atoms with E-state index >= 15 is 0 Å². The van der Waals surface area contributed by atoms with E-state index in [0.717, 1.165) is 16.7 Å². The Labute approximate surface area is 288 Å². The highest BCUT2D eigenvalue weighted by molar-refractivity contribution is 7.44. The van der Waals surface area contributed by atoms with Crippen LogP contribution in [0.15, 0.2) is 101 Å². The van der Waals surface area contributed by atoms with Gasteiger partial charge in [-0.25, -0.2) is 9.46 Å². The third-order valence-corrected chi connectivity index (χ3v) is 10.0. The Hall–Kier alpha value is -4.30. The van der Waals surface area contributed by atoms with Crippen LogP contribution in [0.2, 0.25) is 0 Å². The van der Waals surface area contributed by atoms with Crippen molar-refractivity contribution in [2.24, 2.45) is 0 Å². The lowest BCUT2D eigenvalue weighted by Gasteiger charge is -2.39. The zero-order chi connectivity index (χ0) is 35.4. The van der Waals surface area contributed by atoms with E-state index in [1.54, 1.807) is 14.2 Å². The molecule has 4 rings (SSSR count). The van der Waals surface area contributed by atoms with E-state index in [2.05, 4.69) is 43.4 Å². The van der Waals surface area contributed by atoms with Crippen LogP contribution < -0.4 is 20.7 Å². The SMILES string of the molecule is COc1ccc(C(OCC(Cn2ccc(=O)[nH]c2=O)OP(OCCC#N)N(C(C)C)C(C)C)(c2ccccc2)c2ccc(OC)cc2)cc1. The molecule has 1 heterocycles. The van der Waals surface area contributed by atoms with Gasteiger partial charge in [0, 0.05) is 24.3 Å². The van der Waals surface area contributed by atoms with Gasteiger partial charge >= 0.3 is 5.69 Å². The first kappa shape index (κ1) is 37.5. The van der Waals surface area contributed by atoms with Gasteiger partial charge in [-0.3, -0.25) is 14.3 Å². The van der Waals surface area contributed by atoms with Crippen molar-refractivity contribution in [1.82, 2.24) is 14.2 Å². The average molecular weight is 689 g/mol. The number of hydrogen-bond acceptors (Lipinski definition) is 9. The van der Waals surface area contributed by atoms with E-state index < -0.39 is 31.5 Å². The van der Waals surface area contributed by atoms with Crippen molar-refractivity contribution in [3.05, 3.63) is 129 Å². The van der Waals surface area contributed by atoms with Crippen molar-refractivity contribution in [2.75, 3.05) is 27.4 Å². The van der Waals surface area contributed by atoms with Gasteiger partial charge in [-0.15, -0.1) is 0 Å². The number of nitriles is 1. The minimum Gasteiger partial charge on any atom is -0.497 e. The van der Waals surface area contributed by atoms with Crippen molar-refractivity contribution in [3.8, 4) is 17.6 Å². The number of aromatic amines is 1. The normalized spacial score (nSPS) is 13.0. The van der Waals surface area contributed by atoms with Crippen LogP contribution in [0.3, 0.4) is 0 Å². The fourth-order valence-electron chi connectivity index (χ4n) is 5.64. The smallest absolute Gasteiger partial charge is 0.328 e. The van der Waals surface area contributed by atoms with Crippen LogP contribution in [0.25, 0.3) is 0 Å². The molecule has 49 heavy (non-hydrogen) atoms. The molecule has 0 fully saturated rings. The molecule has 0 radical (unpaired) electrons. The molecule has 0 saturated heterocycles. The molecule has 2 unspecified atom stereocenters. The summed E-state index contributed by atoms with van der Waals surface area (Å²) >= 11 is 0. The second-order valence-electron chi connectivity index (χ2n) is 11.9. The molecule has 0 bridgehead atoms. The van der Waals surface area contributed by atoms with Crippen LogP contribution in [-0.4, -0.2) is 59.8 Å². The predicted molar refractivity (Wildman–Crippen MR) is 190 cm³/mol. The third-order valence-electron chi connectivity index (χ3n) is 7.86. The lowest BCUT2D eigenvalue weighted by atomic mass is 9.80. The van der Waals surface area contributed by atoms with Crippen molar-refractivity contribution < 1.29 is 23.3 Å². The molecule has 0 aliphatic rings. The Balaban J connectivity index is 1.86. The first-order valence-corrected chi connectivity index (χ1v) is 17.3. The minimum absolute atomic E-state index is 0.00297. The summed E-state index contributed by atoms with van der Waals surface area (Å²) in [6.45, 7) is 8.45. The van der Waals surface area contributed by atoms with Gasteiger partial charge < -0.3 is 23.3 Å². The number of nitrogens with one attached hydrogen (secondary N) is 1. The summed E-state index contributed by atoms with van der Waals surface area (Å²) in [4.78, 5) is 27.2. The van der Waals surface area contributed by atoms with Gasteiger partial charge in [-0.05, 0) is 68.7 Å². The predicted octanol–water partition coefficient (Wildman–Crippen LogP) is 6.22. The Kier molecular flexibility index (Phi) is 13.7. The lowest BCUT2D eigenvalue weighted by Crippen LogP contribution is -2.40. The van der Waals surface area contributed by atoms with E-state index in [4.69, 9.17) is 23.3 Å². The first-order valence-electron chi connectivity index (χ1n) is 16.2. The molecule has 1 N–H and O–H groups in total. The monoisotopic (exact) mass is 688 g/mol. The Morgan fingerprint density at radius 2 is 1.39 bits per heavy atom. The largest absolute Gasteiger partial charge is 0.497 e. The molecule has 1 aromatic heterocycles. The molecule has 0 aliphatic carbocycles. The molecule has 0 saturated carbocycles. The van der Waals surface area contributed by atoms with Gasteiger partial charge in [0.15, 0.2) is 0 Å². The molecule has 2 atom stereocenters.